The predicted octanol–water partition coefficient (Wildman–Crippen LogP) is 2.46. The third kappa shape index (κ3) is 2.95. The number of carbonyl (C=O) groups is 1. The van der Waals surface area contributed by atoms with Crippen LogP contribution in [0.4, 0.5) is 0 Å². The van der Waals surface area contributed by atoms with Crippen LogP contribution in [0, 0.1) is 5.92 Å². The van der Waals surface area contributed by atoms with Gasteiger partial charge in [0, 0.05) is 11.9 Å². The summed E-state index contributed by atoms with van der Waals surface area (Å²) in [5.74, 6) is 0.760. The van der Waals surface area contributed by atoms with Crippen LogP contribution in [0.2, 0.25) is 0 Å². The van der Waals surface area contributed by atoms with Gasteiger partial charge in [-0.25, -0.2) is 14.8 Å². The Morgan fingerprint density at radius 1 is 1.50 bits per heavy atom. The quantitative estimate of drug-likeness (QED) is 0.645. The van der Waals surface area contributed by atoms with E-state index in [1.807, 2.05) is 0 Å². The highest BCUT2D eigenvalue weighted by atomic mass is 32.2. The van der Waals surface area contributed by atoms with Crippen molar-refractivity contribution in [3.8, 4) is 0 Å². The van der Waals surface area contributed by atoms with Crippen molar-refractivity contribution in [3.05, 3.63) is 18.0 Å². The summed E-state index contributed by atoms with van der Waals surface area (Å²) in [5, 5.41) is 9.37. The average molecular weight is 238 g/mol. The lowest BCUT2D eigenvalue weighted by Crippen LogP contribution is -2.03. The molecule has 0 unspecified atom stereocenters. The molecule has 0 aliphatic heterocycles. The number of carboxylic acid groups (broad SMARTS) is 1. The smallest absolute Gasteiger partial charge is 0.354 e. The summed E-state index contributed by atoms with van der Waals surface area (Å²) >= 11 is 1.56. The lowest BCUT2D eigenvalue weighted by Gasteiger charge is -2.06. The van der Waals surface area contributed by atoms with Crippen LogP contribution in [0.25, 0.3) is 0 Å². The van der Waals surface area contributed by atoms with Crippen LogP contribution in [-0.4, -0.2) is 26.8 Å². The van der Waals surface area contributed by atoms with Crippen molar-refractivity contribution in [1.29, 1.82) is 0 Å². The molecule has 16 heavy (non-hydrogen) atoms. The van der Waals surface area contributed by atoms with Crippen LogP contribution >= 0.6 is 11.8 Å². The summed E-state index contributed by atoms with van der Waals surface area (Å²) in [7, 11) is 0. The molecular formula is C11H14N2O2S. The van der Waals surface area contributed by atoms with Crippen molar-refractivity contribution in [3.63, 3.8) is 0 Å². The highest BCUT2D eigenvalue weighted by Gasteiger charge is 2.16. The topological polar surface area (TPSA) is 63.1 Å². The zero-order chi connectivity index (χ0) is 11.4. The highest BCUT2D eigenvalue weighted by Crippen LogP contribution is 2.29. The number of hydrogen-bond donors (Lipinski definition) is 1. The van der Waals surface area contributed by atoms with E-state index in [2.05, 4.69) is 9.97 Å². The number of thioether (sulfide) groups is 1. The van der Waals surface area contributed by atoms with Crippen LogP contribution in [-0.2, 0) is 0 Å². The lowest BCUT2D eigenvalue weighted by molar-refractivity contribution is 0.0689. The van der Waals surface area contributed by atoms with Gasteiger partial charge in [0.25, 0.3) is 0 Å². The van der Waals surface area contributed by atoms with Crippen molar-refractivity contribution >= 4 is 17.7 Å². The second-order valence-electron chi connectivity index (χ2n) is 3.99. The Morgan fingerprint density at radius 3 is 2.94 bits per heavy atom. The Hall–Kier alpha value is -1.10. The molecule has 1 aliphatic rings. The molecule has 0 aromatic carbocycles. The van der Waals surface area contributed by atoms with Crippen LogP contribution in [0.3, 0.4) is 0 Å². The number of carboxylic acids is 1. The molecule has 0 spiro atoms. The zero-order valence-corrected chi connectivity index (χ0v) is 9.74. The first-order valence-electron chi connectivity index (χ1n) is 5.45. The molecule has 5 heteroatoms. The molecular weight excluding hydrogens is 224 g/mol. The lowest BCUT2D eigenvalue weighted by atomic mass is 10.1. The van der Waals surface area contributed by atoms with E-state index in [-0.39, 0.29) is 5.69 Å². The summed E-state index contributed by atoms with van der Waals surface area (Å²) in [6.45, 7) is 0. The van der Waals surface area contributed by atoms with Gasteiger partial charge >= 0.3 is 5.97 Å². The minimum Gasteiger partial charge on any atom is -0.477 e. The SMILES string of the molecule is O=C(O)c1ccnc(SCC2CCCC2)n1. The Bertz CT molecular complexity index is 378. The fourth-order valence-corrected chi connectivity index (χ4v) is 2.92. The first-order valence-corrected chi connectivity index (χ1v) is 6.43. The van der Waals surface area contributed by atoms with Gasteiger partial charge in [-0.15, -0.1) is 0 Å². The predicted molar refractivity (Wildman–Crippen MR) is 61.7 cm³/mol. The van der Waals surface area contributed by atoms with Gasteiger partial charge in [0.15, 0.2) is 10.9 Å². The molecule has 0 saturated heterocycles. The van der Waals surface area contributed by atoms with Crippen molar-refractivity contribution in [2.75, 3.05) is 5.75 Å². The Morgan fingerprint density at radius 2 is 2.25 bits per heavy atom. The Balaban J connectivity index is 1.93. The molecule has 0 amide bonds. The Labute approximate surface area is 98.5 Å². The van der Waals surface area contributed by atoms with Gasteiger partial charge in [0.05, 0.1) is 0 Å². The van der Waals surface area contributed by atoms with Crippen molar-refractivity contribution in [1.82, 2.24) is 9.97 Å². The van der Waals surface area contributed by atoms with Crippen LogP contribution in [0.1, 0.15) is 36.2 Å². The van der Waals surface area contributed by atoms with Crippen LogP contribution in [0.5, 0.6) is 0 Å². The zero-order valence-electron chi connectivity index (χ0n) is 8.93. The molecule has 0 atom stereocenters. The molecule has 1 aromatic rings. The molecule has 0 bridgehead atoms. The maximum absolute atomic E-state index is 10.7. The van der Waals surface area contributed by atoms with E-state index in [0.29, 0.717) is 5.16 Å². The van der Waals surface area contributed by atoms with Crippen molar-refractivity contribution in [2.45, 2.75) is 30.8 Å². The molecule has 1 N–H and O–H groups in total. The molecule has 2 rings (SSSR count). The molecule has 1 aromatic heterocycles. The standard InChI is InChI=1S/C11H14N2O2S/c14-10(15)9-5-6-12-11(13-9)16-7-8-3-1-2-4-8/h5-6,8H,1-4,7H2,(H,14,15). The normalized spacial score (nSPS) is 16.5. The largest absolute Gasteiger partial charge is 0.477 e. The van der Waals surface area contributed by atoms with E-state index >= 15 is 0 Å². The van der Waals surface area contributed by atoms with E-state index < -0.39 is 5.97 Å². The molecule has 1 saturated carbocycles. The summed E-state index contributed by atoms with van der Waals surface area (Å²) in [4.78, 5) is 18.8. The van der Waals surface area contributed by atoms with E-state index in [1.54, 1.807) is 11.8 Å². The summed E-state index contributed by atoms with van der Waals surface area (Å²) in [5.41, 5.74) is 0.0731. The molecule has 1 heterocycles. The van der Waals surface area contributed by atoms with Crippen LogP contribution in [0.15, 0.2) is 17.4 Å². The monoisotopic (exact) mass is 238 g/mol. The fourth-order valence-electron chi connectivity index (χ4n) is 1.90. The number of hydrogen-bond acceptors (Lipinski definition) is 4. The molecule has 1 fully saturated rings. The number of aromatic carboxylic acids is 1. The van der Waals surface area contributed by atoms with Gasteiger partial charge in [-0.1, -0.05) is 24.6 Å². The minimum absolute atomic E-state index is 0.0731. The highest BCUT2D eigenvalue weighted by molar-refractivity contribution is 7.99. The van der Waals surface area contributed by atoms with Gasteiger partial charge in [-0.05, 0) is 24.8 Å². The number of nitrogens with zero attached hydrogens (tertiary/aromatic N) is 2. The van der Waals surface area contributed by atoms with Gasteiger partial charge < -0.3 is 5.11 Å². The maximum Gasteiger partial charge on any atom is 0.354 e. The number of rotatable bonds is 4. The van der Waals surface area contributed by atoms with Gasteiger partial charge in [-0.2, -0.15) is 0 Å². The maximum atomic E-state index is 10.7. The molecule has 0 radical (unpaired) electrons. The summed E-state index contributed by atoms with van der Waals surface area (Å²) < 4.78 is 0. The third-order valence-corrected chi connectivity index (χ3v) is 3.87. The van der Waals surface area contributed by atoms with E-state index in [9.17, 15) is 4.79 Å². The third-order valence-electron chi connectivity index (χ3n) is 2.78. The minimum atomic E-state index is -0.995. The molecule has 86 valence electrons. The second-order valence-corrected chi connectivity index (χ2v) is 4.98. The molecule has 1 aliphatic carbocycles. The van der Waals surface area contributed by atoms with Crippen molar-refractivity contribution < 1.29 is 9.90 Å². The molecule has 4 nitrogen and oxygen atoms in total. The van der Waals surface area contributed by atoms with Crippen molar-refractivity contribution in [2.24, 2.45) is 5.92 Å². The van der Waals surface area contributed by atoms with Gasteiger partial charge in [-0.3, -0.25) is 0 Å². The fraction of sp³-hybridized carbons (Fsp3) is 0.545. The first kappa shape index (κ1) is 11.4. The summed E-state index contributed by atoms with van der Waals surface area (Å²) in [6.07, 6.45) is 6.72. The van der Waals surface area contributed by atoms with E-state index in [0.717, 1.165) is 11.7 Å². The second kappa shape index (κ2) is 5.30. The van der Waals surface area contributed by atoms with Gasteiger partial charge in [0.2, 0.25) is 0 Å². The average Bonchev–Trinajstić information content (AvgIpc) is 2.79. The van der Waals surface area contributed by atoms with Gasteiger partial charge in [0.1, 0.15) is 0 Å². The number of aromatic nitrogens is 2. The summed E-state index contributed by atoms with van der Waals surface area (Å²) in [6, 6.07) is 1.42. The first-order chi connectivity index (χ1) is 7.75. The van der Waals surface area contributed by atoms with E-state index in [4.69, 9.17) is 5.11 Å². The Kier molecular flexibility index (Phi) is 3.77. The van der Waals surface area contributed by atoms with Crippen LogP contribution < -0.4 is 0 Å². The van der Waals surface area contributed by atoms with E-state index in [1.165, 1.54) is 37.9 Å².